The second-order valence-corrected chi connectivity index (χ2v) is 7.75. The maximum Gasteiger partial charge on any atom is 0.0923 e. The van der Waals surface area contributed by atoms with E-state index in [0.29, 0.717) is 6.42 Å². The van der Waals surface area contributed by atoms with Crippen LogP contribution in [0.1, 0.15) is 16.5 Å². The third-order valence-electron chi connectivity index (χ3n) is 3.46. The van der Waals surface area contributed by atoms with E-state index in [-0.39, 0.29) is 0 Å². The van der Waals surface area contributed by atoms with Crippen LogP contribution in [0.5, 0.6) is 0 Å². The highest BCUT2D eigenvalue weighted by atomic mass is 32.1. The van der Waals surface area contributed by atoms with Gasteiger partial charge in [0.1, 0.15) is 0 Å². The van der Waals surface area contributed by atoms with Gasteiger partial charge in [0.15, 0.2) is 0 Å². The van der Waals surface area contributed by atoms with E-state index in [1.54, 1.807) is 34.0 Å². The summed E-state index contributed by atoms with van der Waals surface area (Å²) in [5, 5.41) is 16.0. The van der Waals surface area contributed by atoms with E-state index in [0.717, 1.165) is 4.88 Å². The van der Waals surface area contributed by atoms with Crippen molar-refractivity contribution >= 4 is 53.5 Å². The Morgan fingerprint density at radius 1 is 1.00 bits per heavy atom. The molecule has 100 valence electrons. The molecular formula is C16H12OS3. The average molecular weight is 316 g/mol. The number of fused-ring (bicyclic) bond motifs is 2. The van der Waals surface area contributed by atoms with Gasteiger partial charge in [-0.05, 0) is 39.9 Å². The second kappa shape index (κ2) is 4.97. The Hall–Kier alpha value is -1.20. The van der Waals surface area contributed by atoms with Crippen LogP contribution in [0.3, 0.4) is 0 Å². The standard InChI is InChI=1S/C16H12OS3/c17-12(15-8-16-14(20-15)5-6-18-16)7-10-9-19-13-4-2-1-3-11(10)13/h1-6,8-9,12,17H,7H2. The third kappa shape index (κ3) is 2.09. The van der Waals surface area contributed by atoms with E-state index in [4.69, 9.17) is 0 Å². The minimum absolute atomic E-state index is 0.405. The van der Waals surface area contributed by atoms with Crippen LogP contribution in [-0.2, 0) is 6.42 Å². The molecule has 3 aromatic heterocycles. The van der Waals surface area contributed by atoms with Crippen molar-refractivity contribution in [1.29, 1.82) is 0 Å². The molecule has 4 aromatic rings. The lowest BCUT2D eigenvalue weighted by Crippen LogP contribution is -1.98. The minimum Gasteiger partial charge on any atom is -0.387 e. The SMILES string of the molecule is OC(Cc1csc2ccccc12)c1cc2sccc2s1. The Bertz CT molecular complexity index is 839. The Kier molecular flexibility index (Phi) is 3.11. The van der Waals surface area contributed by atoms with Crippen LogP contribution in [0.4, 0.5) is 0 Å². The van der Waals surface area contributed by atoms with Gasteiger partial charge in [-0.15, -0.1) is 34.0 Å². The normalized spacial score (nSPS) is 13.2. The molecule has 0 fully saturated rings. The van der Waals surface area contributed by atoms with Gasteiger partial charge in [0.05, 0.1) is 6.10 Å². The molecule has 4 rings (SSSR count). The molecule has 0 aliphatic rings. The van der Waals surface area contributed by atoms with E-state index in [1.165, 1.54) is 25.0 Å². The fourth-order valence-electron chi connectivity index (χ4n) is 2.45. The number of aliphatic hydroxyl groups is 1. The average Bonchev–Trinajstić information content (AvgIpc) is 3.12. The fourth-order valence-corrected chi connectivity index (χ4v) is 5.53. The van der Waals surface area contributed by atoms with Crippen molar-refractivity contribution in [3.8, 4) is 0 Å². The van der Waals surface area contributed by atoms with Crippen molar-refractivity contribution in [2.75, 3.05) is 0 Å². The summed E-state index contributed by atoms with van der Waals surface area (Å²) in [6.07, 6.45) is 0.287. The summed E-state index contributed by atoms with van der Waals surface area (Å²) >= 11 is 5.19. The monoisotopic (exact) mass is 316 g/mol. The molecule has 0 saturated heterocycles. The summed E-state index contributed by atoms with van der Waals surface area (Å²) in [7, 11) is 0. The van der Waals surface area contributed by atoms with Crippen LogP contribution in [0.15, 0.2) is 47.2 Å². The largest absolute Gasteiger partial charge is 0.387 e. The lowest BCUT2D eigenvalue weighted by molar-refractivity contribution is 0.183. The topological polar surface area (TPSA) is 20.2 Å². The summed E-state index contributed by atoms with van der Waals surface area (Å²) in [4.78, 5) is 1.07. The summed E-state index contributed by atoms with van der Waals surface area (Å²) in [5.74, 6) is 0. The molecule has 1 atom stereocenters. The number of aliphatic hydroxyl groups excluding tert-OH is 1. The quantitative estimate of drug-likeness (QED) is 0.532. The molecule has 1 unspecified atom stereocenters. The number of thiophene rings is 3. The molecule has 3 heterocycles. The predicted octanol–water partition coefficient (Wildman–Crippen LogP) is 5.45. The molecule has 1 N–H and O–H groups in total. The number of hydrogen-bond donors (Lipinski definition) is 1. The molecule has 0 bridgehead atoms. The Labute approximate surface area is 128 Å². The number of rotatable bonds is 3. The van der Waals surface area contributed by atoms with E-state index < -0.39 is 6.10 Å². The van der Waals surface area contributed by atoms with E-state index in [9.17, 15) is 5.11 Å². The highest BCUT2D eigenvalue weighted by Crippen LogP contribution is 2.36. The molecule has 0 saturated carbocycles. The van der Waals surface area contributed by atoms with Crippen molar-refractivity contribution in [3.63, 3.8) is 0 Å². The van der Waals surface area contributed by atoms with Gasteiger partial charge in [0, 0.05) is 25.4 Å². The summed E-state index contributed by atoms with van der Waals surface area (Å²) in [6, 6.07) is 12.7. The molecule has 1 aromatic carbocycles. The summed E-state index contributed by atoms with van der Waals surface area (Å²) in [6.45, 7) is 0. The van der Waals surface area contributed by atoms with Gasteiger partial charge in [-0.1, -0.05) is 18.2 Å². The van der Waals surface area contributed by atoms with Gasteiger partial charge >= 0.3 is 0 Å². The van der Waals surface area contributed by atoms with Gasteiger partial charge in [-0.25, -0.2) is 0 Å². The van der Waals surface area contributed by atoms with Crippen LogP contribution < -0.4 is 0 Å². The van der Waals surface area contributed by atoms with Crippen molar-refractivity contribution in [2.45, 2.75) is 12.5 Å². The highest BCUT2D eigenvalue weighted by molar-refractivity contribution is 7.27. The molecule has 0 aliphatic carbocycles. The Morgan fingerprint density at radius 2 is 1.90 bits per heavy atom. The number of hydrogen-bond acceptors (Lipinski definition) is 4. The predicted molar refractivity (Wildman–Crippen MR) is 90.2 cm³/mol. The van der Waals surface area contributed by atoms with Gasteiger partial charge < -0.3 is 5.11 Å². The molecule has 1 nitrogen and oxygen atoms in total. The molecule has 0 spiro atoms. The third-order valence-corrected chi connectivity index (χ3v) is 6.67. The maximum atomic E-state index is 10.5. The lowest BCUT2D eigenvalue weighted by Gasteiger charge is -2.07. The van der Waals surface area contributed by atoms with E-state index in [1.807, 2.05) is 0 Å². The zero-order chi connectivity index (χ0) is 13.5. The maximum absolute atomic E-state index is 10.5. The van der Waals surface area contributed by atoms with Crippen LogP contribution in [0, 0.1) is 0 Å². The van der Waals surface area contributed by atoms with Crippen molar-refractivity contribution in [2.24, 2.45) is 0 Å². The van der Waals surface area contributed by atoms with Crippen LogP contribution in [0.2, 0.25) is 0 Å². The molecular weight excluding hydrogens is 304 g/mol. The first-order chi connectivity index (χ1) is 9.81. The van der Waals surface area contributed by atoms with Crippen molar-refractivity contribution in [3.05, 3.63) is 57.6 Å². The summed E-state index contributed by atoms with van der Waals surface area (Å²) < 4.78 is 3.85. The van der Waals surface area contributed by atoms with Gasteiger partial charge in [-0.2, -0.15) is 0 Å². The van der Waals surface area contributed by atoms with Crippen molar-refractivity contribution < 1.29 is 5.11 Å². The van der Waals surface area contributed by atoms with Gasteiger partial charge in [-0.3, -0.25) is 0 Å². The second-order valence-electron chi connectivity index (χ2n) is 4.77. The van der Waals surface area contributed by atoms with Gasteiger partial charge in [0.25, 0.3) is 0 Å². The van der Waals surface area contributed by atoms with Crippen LogP contribution in [-0.4, -0.2) is 5.11 Å². The molecule has 4 heteroatoms. The first kappa shape index (κ1) is 12.5. The van der Waals surface area contributed by atoms with E-state index >= 15 is 0 Å². The number of benzene rings is 1. The molecule has 0 amide bonds. The zero-order valence-electron chi connectivity index (χ0n) is 10.6. The molecule has 20 heavy (non-hydrogen) atoms. The fraction of sp³-hybridized carbons (Fsp3) is 0.125. The van der Waals surface area contributed by atoms with E-state index in [2.05, 4.69) is 47.2 Å². The zero-order valence-corrected chi connectivity index (χ0v) is 13.0. The minimum atomic E-state index is -0.405. The summed E-state index contributed by atoms with van der Waals surface area (Å²) in [5.41, 5.74) is 1.25. The van der Waals surface area contributed by atoms with Crippen molar-refractivity contribution in [1.82, 2.24) is 0 Å². The highest BCUT2D eigenvalue weighted by Gasteiger charge is 2.15. The molecule has 0 radical (unpaired) electrons. The van der Waals surface area contributed by atoms with Crippen LogP contribution >= 0.6 is 34.0 Å². The first-order valence-electron chi connectivity index (χ1n) is 6.41. The Balaban J connectivity index is 1.66. The molecule has 0 aliphatic heterocycles. The Morgan fingerprint density at radius 3 is 2.80 bits per heavy atom. The smallest absolute Gasteiger partial charge is 0.0923 e. The van der Waals surface area contributed by atoms with Crippen LogP contribution in [0.25, 0.3) is 19.5 Å². The first-order valence-corrected chi connectivity index (χ1v) is 8.99. The lowest BCUT2D eigenvalue weighted by atomic mass is 10.1. The van der Waals surface area contributed by atoms with Gasteiger partial charge in [0.2, 0.25) is 0 Å².